The quantitative estimate of drug-likeness (QED) is 0.213. The van der Waals surface area contributed by atoms with Crippen LogP contribution in [0.25, 0.3) is 0 Å². The monoisotopic (exact) mass is 694 g/mol. The molecule has 47 heavy (non-hydrogen) atoms. The number of rotatable bonds is 12. The first kappa shape index (κ1) is 41.6. The second kappa shape index (κ2) is 14.3. The van der Waals surface area contributed by atoms with Crippen molar-refractivity contribution in [3.8, 4) is 11.5 Å². The third-order valence-electron chi connectivity index (χ3n) is 8.98. The summed E-state index contributed by atoms with van der Waals surface area (Å²) in [5, 5.41) is 10.2. The van der Waals surface area contributed by atoms with Gasteiger partial charge in [-0.2, -0.15) is 0 Å². The van der Waals surface area contributed by atoms with Gasteiger partial charge in [-0.1, -0.05) is 121 Å². The van der Waals surface area contributed by atoms with Gasteiger partial charge in [-0.15, -0.1) is 0 Å². The molecule has 2 rings (SSSR count). The lowest BCUT2D eigenvalue weighted by atomic mass is 9.76. The van der Waals surface area contributed by atoms with Crippen LogP contribution in [0.3, 0.4) is 0 Å². The van der Waals surface area contributed by atoms with E-state index in [-0.39, 0.29) is 25.1 Å². The van der Waals surface area contributed by atoms with Gasteiger partial charge >= 0.3 is 15.2 Å². The predicted molar refractivity (Wildman–Crippen MR) is 197 cm³/mol. The van der Waals surface area contributed by atoms with Gasteiger partial charge in [-0.05, 0) is 70.6 Å². The van der Waals surface area contributed by atoms with Crippen LogP contribution in [0.15, 0.2) is 24.3 Å². The zero-order valence-corrected chi connectivity index (χ0v) is 34.0. The minimum atomic E-state index is -4.49. The lowest BCUT2D eigenvalue weighted by molar-refractivity contribution is 0.219. The molecular weight excluding hydrogens is 630 g/mol. The molecule has 0 saturated carbocycles. The molecule has 0 aliphatic heterocycles. The van der Waals surface area contributed by atoms with E-state index < -0.39 is 42.0 Å². The molecule has 0 bridgehead atoms. The van der Waals surface area contributed by atoms with Gasteiger partial charge in [0.05, 0.1) is 19.4 Å². The van der Waals surface area contributed by atoms with E-state index in [1.807, 2.05) is 121 Å². The van der Waals surface area contributed by atoms with E-state index in [1.54, 1.807) is 13.8 Å². The van der Waals surface area contributed by atoms with Gasteiger partial charge in [0, 0.05) is 11.1 Å². The maximum atomic E-state index is 15.1. The lowest BCUT2D eigenvalue weighted by Crippen LogP contribution is -2.30. The van der Waals surface area contributed by atoms with Crippen LogP contribution in [0.5, 0.6) is 11.5 Å². The number of phenolic OH excluding ortho intramolecular Hbond substituents is 1. The Kier molecular flexibility index (Phi) is 12.7. The molecule has 0 radical (unpaired) electrons. The number of aromatic hydroxyl groups is 1. The summed E-state index contributed by atoms with van der Waals surface area (Å²) in [6.07, 6.45) is 0.758. The van der Waals surface area contributed by atoms with Gasteiger partial charge < -0.3 is 23.6 Å². The van der Waals surface area contributed by atoms with Gasteiger partial charge in [0.1, 0.15) is 16.7 Å². The second-order valence-electron chi connectivity index (χ2n) is 16.9. The summed E-state index contributed by atoms with van der Waals surface area (Å²) in [5.41, 5.74) is 2.57. The smallest absolute Gasteiger partial charge is 0.387 e. The molecule has 0 amide bonds. The molecule has 268 valence electrons. The number of benzene rings is 2. The second-order valence-corrected chi connectivity index (χ2v) is 21.0. The SMILES string of the molecule is CCOP(=O)(Cc1cc(C(C)(C)C)c(OP(=O)(O)C(CC)(CC)c2cc(C(C)(C)C)c(O)c(C(C)(C)C)c2)c(C(C)(C)C)c1)OCC. The zero-order valence-electron chi connectivity index (χ0n) is 32.2. The normalized spacial score (nSPS) is 15.1. The highest BCUT2D eigenvalue weighted by Crippen LogP contribution is 2.66. The summed E-state index contributed by atoms with van der Waals surface area (Å²) in [6.45, 7) is 32.4. The first-order chi connectivity index (χ1) is 21.1. The van der Waals surface area contributed by atoms with Crippen LogP contribution in [-0.4, -0.2) is 23.2 Å². The molecule has 0 fully saturated rings. The summed E-state index contributed by atoms with van der Waals surface area (Å²) >= 11 is 0. The molecule has 2 aromatic carbocycles. The Morgan fingerprint density at radius 1 is 0.617 bits per heavy atom. The molecule has 7 nitrogen and oxygen atoms in total. The molecule has 2 aromatic rings. The van der Waals surface area contributed by atoms with Gasteiger partial charge in [0.2, 0.25) is 0 Å². The van der Waals surface area contributed by atoms with E-state index in [9.17, 15) is 14.6 Å². The van der Waals surface area contributed by atoms with Crippen molar-refractivity contribution in [3.63, 3.8) is 0 Å². The van der Waals surface area contributed by atoms with Crippen molar-refractivity contribution in [3.05, 3.63) is 57.6 Å². The largest absolute Gasteiger partial charge is 0.507 e. The lowest BCUT2D eigenvalue weighted by Gasteiger charge is -2.40. The van der Waals surface area contributed by atoms with Crippen LogP contribution in [0.1, 0.15) is 157 Å². The molecule has 9 heteroatoms. The highest BCUT2D eigenvalue weighted by molar-refractivity contribution is 7.54. The van der Waals surface area contributed by atoms with E-state index in [4.69, 9.17) is 13.6 Å². The van der Waals surface area contributed by atoms with Gasteiger partial charge in [0.25, 0.3) is 0 Å². The van der Waals surface area contributed by atoms with Crippen LogP contribution in [-0.2, 0) is 51.2 Å². The van der Waals surface area contributed by atoms with Crippen LogP contribution in [0, 0.1) is 0 Å². The van der Waals surface area contributed by atoms with Gasteiger partial charge in [-0.25, -0.2) is 4.57 Å². The van der Waals surface area contributed by atoms with Crippen molar-refractivity contribution in [1.29, 1.82) is 0 Å². The number of hydrogen-bond acceptors (Lipinski definition) is 6. The van der Waals surface area contributed by atoms with Gasteiger partial charge in [0.15, 0.2) is 0 Å². The molecule has 0 saturated heterocycles. The minimum absolute atomic E-state index is 0.0738. The van der Waals surface area contributed by atoms with Gasteiger partial charge in [-0.3, -0.25) is 4.57 Å². The van der Waals surface area contributed by atoms with Crippen molar-refractivity contribution < 1.29 is 32.7 Å². The van der Waals surface area contributed by atoms with Crippen molar-refractivity contribution in [2.75, 3.05) is 13.2 Å². The summed E-state index contributed by atoms with van der Waals surface area (Å²) in [4.78, 5) is 12.4. The Hall–Kier alpha value is -1.62. The van der Waals surface area contributed by atoms with Crippen molar-refractivity contribution in [2.24, 2.45) is 0 Å². The molecule has 2 N–H and O–H groups in total. The summed E-state index contributed by atoms with van der Waals surface area (Å²) in [5.74, 6) is 0.597. The van der Waals surface area contributed by atoms with Crippen LogP contribution in [0.4, 0.5) is 0 Å². The number of phenols is 1. The molecule has 1 atom stereocenters. The van der Waals surface area contributed by atoms with Crippen LogP contribution in [0.2, 0.25) is 0 Å². The molecule has 0 aliphatic rings. The highest BCUT2D eigenvalue weighted by Gasteiger charge is 2.51. The minimum Gasteiger partial charge on any atom is -0.507 e. The Morgan fingerprint density at radius 3 is 1.28 bits per heavy atom. The molecule has 0 aromatic heterocycles. The zero-order chi connectivity index (χ0) is 36.6. The molecule has 0 heterocycles. The Labute approximate surface area is 286 Å². The van der Waals surface area contributed by atoms with E-state index in [0.29, 0.717) is 24.2 Å². The van der Waals surface area contributed by atoms with E-state index in [1.165, 1.54) is 0 Å². The molecule has 1 unspecified atom stereocenters. The maximum Gasteiger partial charge on any atom is 0.387 e. The Balaban J connectivity index is 3.00. The first-order valence-corrected chi connectivity index (χ1v) is 20.4. The third-order valence-corrected chi connectivity index (χ3v) is 13.4. The van der Waals surface area contributed by atoms with Crippen molar-refractivity contribution in [1.82, 2.24) is 0 Å². The topological polar surface area (TPSA) is 102 Å². The summed E-state index contributed by atoms with van der Waals surface area (Å²) < 4.78 is 46.6. The van der Waals surface area contributed by atoms with Crippen LogP contribution >= 0.6 is 15.2 Å². The fourth-order valence-electron chi connectivity index (χ4n) is 6.22. The maximum absolute atomic E-state index is 15.1. The fraction of sp³-hybridized carbons (Fsp3) is 0.684. The standard InChI is InChI=1S/C38H64O7P2/c1-17-38(18-2,27-23-28(34(5,6)7)32(39)29(24-27)35(8,9)10)47(41,42)45-33-30(36(11,12)13)21-26(22-31(33)37(14,15)16)25-46(40,43-19-3)44-20-4/h21-24,39H,17-20,25H2,1-16H3,(H,41,42). The predicted octanol–water partition coefficient (Wildman–Crippen LogP) is 11.6. The summed E-state index contributed by atoms with van der Waals surface area (Å²) in [6, 6.07) is 7.65. The van der Waals surface area contributed by atoms with E-state index >= 15 is 4.57 Å². The molecule has 0 spiro atoms. The Bertz CT molecular complexity index is 1410. The highest BCUT2D eigenvalue weighted by atomic mass is 31.2. The summed E-state index contributed by atoms with van der Waals surface area (Å²) in [7, 11) is -7.92. The Morgan fingerprint density at radius 2 is 0.979 bits per heavy atom. The van der Waals surface area contributed by atoms with E-state index in [2.05, 4.69) is 0 Å². The van der Waals surface area contributed by atoms with Crippen LogP contribution < -0.4 is 4.52 Å². The first-order valence-electron chi connectivity index (χ1n) is 17.1. The fourth-order valence-corrected chi connectivity index (χ4v) is 9.76. The average molecular weight is 695 g/mol. The molecule has 0 aliphatic carbocycles. The number of hydrogen-bond donors (Lipinski definition) is 2. The molecular formula is C38H64O7P2. The van der Waals surface area contributed by atoms with Crippen molar-refractivity contribution in [2.45, 2.75) is 157 Å². The van der Waals surface area contributed by atoms with E-state index in [0.717, 1.165) is 27.8 Å². The van der Waals surface area contributed by atoms with Crippen molar-refractivity contribution >= 4 is 15.2 Å². The third kappa shape index (κ3) is 9.14. The average Bonchev–Trinajstić information content (AvgIpc) is 2.88.